The molecule has 1 saturated carbocycles. The molecule has 0 spiro atoms. The van der Waals surface area contributed by atoms with E-state index in [2.05, 4.69) is 41.4 Å². The van der Waals surface area contributed by atoms with Crippen molar-refractivity contribution in [2.45, 2.75) is 89.9 Å². The van der Waals surface area contributed by atoms with Crippen LogP contribution in [0.2, 0.25) is 0 Å². The van der Waals surface area contributed by atoms with Gasteiger partial charge in [0.15, 0.2) is 0 Å². The summed E-state index contributed by atoms with van der Waals surface area (Å²) in [7, 11) is 0. The van der Waals surface area contributed by atoms with Crippen LogP contribution in [0.15, 0.2) is 53.5 Å². The summed E-state index contributed by atoms with van der Waals surface area (Å²) in [5.74, 6) is 1.68. The molecule has 1 aliphatic carbocycles. The number of esters is 1. The number of nitrogens with zero attached hydrogens (tertiary/aromatic N) is 1. The predicted octanol–water partition coefficient (Wildman–Crippen LogP) is 9.05. The summed E-state index contributed by atoms with van der Waals surface area (Å²) in [4.78, 5) is 16.4. The van der Waals surface area contributed by atoms with Crippen molar-refractivity contribution < 1.29 is 9.53 Å². The molecule has 2 aromatic carbocycles. The molecule has 0 N–H and O–H groups in total. The molecular weight excluding hydrogens is 426 g/mol. The Morgan fingerprint density at radius 1 is 0.909 bits per heavy atom. The number of carbonyl (C=O) groups is 1. The maximum absolute atomic E-state index is 12.5. The van der Waals surface area contributed by atoms with Crippen LogP contribution in [0.5, 0.6) is 5.75 Å². The standard InChI is InChI=1S/C29H37NO2S/c1-2-3-4-5-6-7-8-9-23-10-12-24(13-11-23)25-14-16-26(17-15-25)29(31)32-28-20-18-27(19-21-28)30-22-33/h14-21,23-24H,2-13H2,1H3. The topological polar surface area (TPSA) is 38.7 Å². The van der Waals surface area contributed by atoms with Gasteiger partial charge in [0.1, 0.15) is 5.75 Å². The van der Waals surface area contributed by atoms with Crippen LogP contribution in [-0.4, -0.2) is 11.1 Å². The van der Waals surface area contributed by atoms with E-state index in [1.54, 1.807) is 24.3 Å². The van der Waals surface area contributed by atoms with Gasteiger partial charge in [0, 0.05) is 0 Å². The fraction of sp³-hybridized carbons (Fsp3) is 0.517. The van der Waals surface area contributed by atoms with Crippen LogP contribution < -0.4 is 4.74 Å². The Hall–Kier alpha value is -2.29. The average Bonchev–Trinajstić information content (AvgIpc) is 2.85. The Morgan fingerprint density at radius 3 is 2.18 bits per heavy atom. The van der Waals surface area contributed by atoms with Crippen LogP contribution in [0, 0.1) is 5.92 Å². The molecule has 2 aromatic rings. The van der Waals surface area contributed by atoms with E-state index < -0.39 is 0 Å². The average molecular weight is 464 g/mol. The molecule has 0 bridgehead atoms. The third-order valence-corrected chi connectivity index (χ3v) is 6.99. The lowest BCUT2D eigenvalue weighted by molar-refractivity contribution is 0.0734. The van der Waals surface area contributed by atoms with Crippen molar-refractivity contribution in [1.82, 2.24) is 0 Å². The second kappa shape index (κ2) is 14.1. The number of ether oxygens (including phenoxy) is 1. The molecule has 176 valence electrons. The number of hydrogen-bond acceptors (Lipinski definition) is 4. The summed E-state index contributed by atoms with van der Waals surface area (Å²) in [6, 6.07) is 14.9. The highest BCUT2D eigenvalue weighted by Gasteiger charge is 2.22. The van der Waals surface area contributed by atoms with Gasteiger partial charge in [0.25, 0.3) is 0 Å². The number of carbonyl (C=O) groups excluding carboxylic acids is 1. The smallest absolute Gasteiger partial charge is 0.343 e. The van der Waals surface area contributed by atoms with Crippen LogP contribution in [-0.2, 0) is 0 Å². The van der Waals surface area contributed by atoms with Crippen LogP contribution in [0.1, 0.15) is 106 Å². The van der Waals surface area contributed by atoms with E-state index in [1.165, 1.54) is 82.6 Å². The molecule has 0 aromatic heterocycles. The van der Waals surface area contributed by atoms with Crippen LogP contribution >= 0.6 is 12.2 Å². The monoisotopic (exact) mass is 463 g/mol. The maximum atomic E-state index is 12.5. The predicted molar refractivity (Wildman–Crippen MR) is 140 cm³/mol. The van der Waals surface area contributed by atoms with Crippen LogP contribution in [0.4, 0.5) is 5.69 Å². The lowest BCUT2D eigenvalue weighted by atomic mass is 9.77. The lowest BCUT2D eigenvalue weighted by Crippen LogP contribution is -2.14. The third-order valence-electron chi connectivity index (χ3n) is 6.90. The van der Waals surface area contributed by atoms with Gasteiger partial charge in [-0.25, -0.2) is 4.79 Å². The molecular formula is C29H37NO2S. The second-order valence-electron chi connectivity index (χ2n) is 9.34. The van der Waals surface area contributed by atoms with Crippen molar-refractivity contribution in [3.63, 3.8) is 0 Å². The van der Waals surface area contributed by atoms with E-state index in [-0.39, 0.29) is 5.97 Å². The van der Waals surface area contributed by atoms with Gasteiger partial charge < -0.3 is 4.74 Å². The first kappa shape index (κ1) is 25.3. The minimum atomic E-state index is -0.342. The summed E-state index contributed by atoms with van der Waals surface area (Å²) < 4.78 is 5.48. The summed E-state index contributed by atoms with van der Waals surface area (Å²) in [5, 5.41) is 2.32. The van der Waals surface area contributed by atoms with E-state index in [1.807, 2.05) is 12.1 Å². The van der Waals surface area contributed by atoms with Crippen molar-refractivity contribution in [2.75, 3.05) is 0 Å². The third kappa shape index (κ3) is 8.53. The van der Waals surface area contributed by atoms with Gasteiger partial charge in [-0.05, 0) is 91.7 Å². The molecule has 3 nitrogen and oxygen atoms in total. The van der Waals surface area contributed by atoms with Gasteiger partial charge in [0.05, 0.1) is 16.4 Å². The molecule has 0 unspecified atom stereocenters. The normalized spacial score (nSPS) is 17.8. The summed E-state index contributed by atoms with van der Waals surface area (Å²) in [6.45, 7) is 2.28. The Labute approximate surface area is 204 Å². The van der Waals surface area contributed by atoms with Gasteiger partial charge in [-0.2, -0.15) is 4.99 Å². The number of thiocarbonyl (C=S) groups is 1. The maximum Gasteiger partial charge on any atom is 0.343 e. The molecule has 0 saturated heterocycles. The molecule has 0 aliphatic heterocycles. The van der Waals surface area contributed by atoms with Crippen LogP contribution in [0.3, 0.4) is 0 Å². The van der Waals surface area contributed by atoms with Gasteiger partial charge in [-0.3, -0.25) is 0 Å². The highest BCUT2D eigenvalue weighted by atomic mass is 32.1. The van der Waals surface area contributed by atoms with Gasteiger partial charge >= 0.3 is 5.97 Å². The largest absolute Gasteiger partial charge is 0.423 e. The van der Waals surface area contributed by atoms with Gasteiger partial charge in [-0.1, -0.05) is 70.4 Å². The lowest BCUT2D eigenvalue weighted by Gasteiger charge is -2.29. The SMILES string of the molecule is CCCCCCCCCC1CCC(c2ccc(C(=O)Oc3ccc(N=C=S)cc3)cc2)CC1. The molecule has 1 fully saturated rings. The minimum absolute atomic E-state index is 0.342. The quantitative estimate of drug-likeness (QED) is 0.104. The van der Waals surface area contributed by atoms with Crippen molar-refractivity contribution >= 4 is 29.0 Å². The van der Waals surface area contributed by atoms with E-state index in [0.29, 0.717) is 22.9 Å². The molecule has 33 heavy (non-hydrogen) atoms. The molecule has 0 amide bonds. The molecule has 0 atom stereocenters. The first-order chi connectivity index (χ1) is 16.2. The zero-order valence-electron chi connectivity index (χ0n) is 19.9. The van der Waals surface area contributed by atoms with Crippen molar-refractivity contribution in [3.05, 3.63) is 59.7 Å². The first-order valence-electron chi connectivity index (χ1n) is 12.7. The van der Waals surface area contributed by atoms with Gasteiger partial charge in [0.2, 0.25) is 0 Å². The number of benzene rings is 2. The molecule has 0 heterocycles. The highest BCUT2D eigenvalue weighted by molar-refractivity contribution is 7.78. The Morgan fingerprint density at radius 2 is 1.55 bits per heavy atom. The Kier molecular flexibility index (Phi) is 10.8. The van der Waals surface area contributed by atoms with E-state index in [4.69, 9.17) is 4.74 Å². The number of rotatable bonds is 12. The summed E-state index contributed by atoms with van der Waals surface area (Å²) in [5.41, 5.74) is 2.61. The zero-order chi connectivity index (χ0) is 23.3. The summed E-state index contributed by atoms with van der Waals surface area (Å²) >= 11 is 4.60. The number of hydrogen-bond donors (Lipinski definition) is 0. The zero-order valence-corrected chi connectivity index (χ0v) is 20.7. The fourth-order valence-corrected chi connectivity index (χ4v) is 4.98. The molecule has 0 radical (unpaired) electrons. The molecule has 4 heteroatoms. The summed E-state index contributed by atoms with van der Waals surface area (Å²) in [6.07, 6.45) is 16.4. The van der Waals surface area contributed by atoms with E-state index >= 15 is 0 Å². The minimum Gasteiger partial charge on any atom is -0.423 e. The van der Waals surface area contributed by atoms with Crippen molar-refractivity contribution in [1.29, 1.82) is 0 Å². The fourth-order valence-electron chi connectivity index (χ4n) is 4.87. The van der Waals surface area contributed by atoms with Crippen LogP contribution in [0.25, 0.3) is 0 Å². The molecule has 3 rings (SSSR count). The van der Waals surface area contributed by atoms with Crippen molar-refractivity contribution in [3.8, 4) is 5.75 Å². The number of unbranched alkanes of at least 4 members (excludes halogenated alkanes) is 6. The number of aliphatic imine (C=N–C) groups is 1. The Balaban J connectivity index is 1.39. The van der Waals surface area contributed by atoms with E-state index in [0.717, 1.165) is 5.92 Å². The second-order valence-corrected chi connectivity index (χ2v) is 9.52. The number of isothiocyanates is 1. The highest BCUT2D eigenvalue weighted by Crippen LogP contribution is 2.38. The first-order valence-corrected chi connectivity index (χ1v) is 13.1. The van der Waals surface area contributed by atoms with Crippen molar-refractivity contribution in [2.24, 2.45) is 10.9 Å². The Bertz CT molecular complexity index is 892. The van der Waals surface area contributed by atoms with Gasteiger partial charge in [-0.15, -0.1) is 0 Å². The van der Waals surface area contributed by atoms with E-state index in [9.17, 15) is 4.79 Å². The molecule has 1 aliphatic rings.